The summed E-state index contributed by atoms with van der Waals surface area (Å²) in [5, 5.41) is 0. The van der Waals surface area contributed by atoms with E-state index in [4.69, 9.17) is 11.6 Å². The first-order valence-electron chi connectivity index (χ1n) is 3.90. The number of anilines is 1. The molecule has 0 aromatic heterocycles. The molecule has 0 atom stereocenters. The maximum absolute atomic E-state index is 5.72. The van der Waals surface area contributed by atoms with Gasteiger partial charge in [-0.05, 0) is 30.5 Å². The van der Waals surface area contributed by atoms with Crippen LogP contribution in [0, 0.1) is 6.92 Å². The molecule has 0 amide bonds. The molecule has 3 nitrogen and oxygen atoms in total. The minimum absolute atomic E-state index is 0.530. The molecule has 0 aliphatic carbocycles. The van der Waals surface area contributed by atoms with Crippen molar-refractivity contribution in [1.29, 1.82) is 0 Å². The van der Waals surface area contributed by atoms with E-state index in [0.29, 0.717) is 6.61 Å². The molecule has 0 heterocycles. The van der Waals surface area contributed by atoms with Crippen LogP contribution >= 0.6 is 0 Å². The third-order valence-corrected chi connectivity index (χ3v) is 1.85. The Balaban J connectivity index is 2.69. The molecule has 0 bridgehead atoms. The molecule has 4 N–H and O–H groups in total. The van der Waals surface area contributed by atoms with Gasteiger partial charge in [-0.15, -0.1) is 0 Å². The number of rotatable bonds is 3. The summed E-state index contributed by atoms with van der Waals surface area (Å²) < 4.78 is 0. The Bertz CT molecular complexity index is 261. The van der Waals surface area contributed by atoms with Gasteiger partial charge in [0.25, 0.3) is 0 Å². The van der Waals surface area contributed by atoms with Crippen LogP contribution in [0.4, 0.5) is 5.69 Å². The van der Waals surface area contributed by atoms with E-state index in [2.05, 4.69) is 4.84 Å². The number of benzene rings is 1. The van der Waals surface area contributed by atoms with E-state index in [0.717, 1.165) is 23.2 Å². The fraction of sp³-hybridized carbons (Fsp3) is 0.333. The third kappa shape index (κ3) is 2.22. The van der Waals surface area contributed by atoms with Crippen LogP contribution in [0.2, 0.25) is 0 Å². The van der Waals surface area contributed by atoms with Gasteiger partial charge in [-0.3, -0.25) is 0 Å². The quantitative estimate of drug-likeness (QED) is 0.520. The molecular weight excluding hydrogens is 152 g/mol. The number of aryl methyl sites for hydroxylation is 1. The second kappa shape index (κ2) is 4.09. The molecule has 1 aromatic carbocycles. The topological polar surface area (TPSA) is 61.3 Å². The highest BCUT2D eigenvalue weighted by Crippen LogP contribution is 2.12. The smallest absolute Gasteiger partial charge is 0.0719 e. The van der Waals surface area contributed by atoms with Gasteiger partial charge in [0, 0.05) is 5.69 Å². The molecular formula is C9H14N2O. The Morgan fingerprint density at radius 3 is 2.75 bits per heavy atom. The maximum Gasteiger partial charge on any atom is 0.0719 e. The normalized spacial score (nSPS) is 10.2. The summed E-state index contributed by atoms with van der Waals surface area (Å²) in [5.74, 6) is 4.91. The van der Waals surface area contributed by atoms with Crippen molar-refractivity contribution in [3.05, 3.63) is 29.3 Å². The molecule has 0 fully saturated rings. The van der Waals surface area contributed by atoms with Gasteiger partial charge in [-0.2, -0.15) is 0 Å². The van der Waals surface area contributed by atoms with Crippen LogP contribution < -0.4 is 11.6 Å². The summed E-state index contributed by atoms with van der Waals surface area (Å²) in [4.78, 5) is 4.48. The van der Waals surface area contributed by atoms with E-state index in [-0.39, 0.29) is 0 Å². The zero-order valence-electron chi connectivity index (χ0n) is 7.21. The van der Waals surface area contributed by atoms with Gasteiger partial charge in [0.2, 0.25) is 0 Å². The molecule has 12 heavy (non-hydrogen) atoms. The fourth-order valence-corrected chi connectivity index (χ4v) is 1.02. The first kappa shape index (κ1) is 9.03. The first-order chi connectivity index (χ1) is 5.74. The van der Waals surface area contributed by atoms with Gasteiger partial charge in [0.1, 0.15) is 0 Å². The Labute approximate surface area is 72.3 Å². The lowest BCUT2D eigenvalue weighted by molar-refractivity contribution is 0.141. The van der Waals surface area contributed by atoms with Crippen molar-refractivity contribution >= 4 is 5.69 Å². The lowest BCUT2D eigenvalue weighted by atomic mass is 10.1. The molecule has 0 spiro atoms. The zero-order valence-corrected chi connectivity index (χ0v) is 7.21. The van der Waals surface area contributed by atoms with E-state index in [9.17, 15) is 0 Å². The van der Waals surface area contributed by atoms with Crippen molar-refractivity contribution in [2.24, 2.45) is 5.90 Å². The van der Waals surface area contributed by atoms with E-state index >= 15 is 0 Å². The summed E-state index contributed by atoms with van der Waals surface area (Å²) in [6, 6.07) is 5.99. The lowest BCUT2D eigenvalue weighted by Gasteiger charge is -2.03. The zero-order chi connectivity index (χ0) is 8.97. The summed E-state index contributed by atoms with van der Waals surface area (Å²) in [7, 11) is 0. The molecule has 1 rings (SSSR count). The molecule has 0 saturated carbocycles. The van der Waals surface area contributed by atoms with Crippen LogP contribution in [-0.4, -0.2) is 6.61 Å². The Kier molecular flexibility index (Phi) is 3.08. The molecule has 0 radical (unpaired) electrons. The number of hydrogen-bond donors (Lipinski definition) is 2. The third-order valence-electron chi connectivity index (χ3n) is 1.85. The first-order valence-corrected chi connectivity index (χ1v) is 3.90. The van der Waals surface area contributed by atoms with Crippen LogP contribution in [0.5, 0.6) is 0 Å². The van der Waals surface area contributed by atoms with Crippen LogP contribution in [0.25, 0.3) is 0 Å². The Hall–Kier alpha value is -1.06. The van der Waals surface area contributed by atoms with Gasteiger partial charge >= 0.3 is 0 Å². The molecule has 1 aromatic rings. The second-order valence-electron chi connectivity index (χ2n) is 2.81. The van der Waals surface area contributed by atoms with E-state index < -0.39 is 0 Å². The van der Waals surface area contributed by atoms with Gasteiger partial charge < -0.3 is 10.6 Å². The Morgan fingerprint density at radius 2 is 2.17 bits per heavy atom. The Morgan fingerprint density at radius 1 is 1.42 bits per heavy atom. The fourth-order valence-electron chi connectivity index (χ4n) is 1.02. The summed E-state index contributed by atoms with van der Waals surface area (Å²) >= 11 is 0. The summed E-state index contributed by atoms with van der Waals surface area (Å²) in [6.45, 7) is 2.51. The molecule has 0 unspecified atom stereocenters. The van der Waals surface area contributed by atoms with Crippen molar-refractivity contribution in [3.63, 3.8) is 0 Å². The molecule has 66 valence electrons. The minimum Gasteiger partial charge on any atom is -0.399 e. The van der Waals surface area contributed by atoms with Crippen molar-refractivity contribution in [2.45, 2.75) is 13.3 Å². The lowest BCUT2D eigenvalue weighted by Crippen LogP contribution is -2.04. The van der Waals surface area contributed by atoms with Crippen molar-refractivity contribution in [2.75, 3.05) is 12.3 Å². The van der Waals surface area contributed by atoms with E-state index in [1.54, 1.807) is 0 Å². The number of nitrogens with two attached hydrogens (primary N) is 2. The van der Waals surface area contributed by atoms with Crippen molar-refractivity contribution < 1.29 is 4.84 Å². The predicted octanol–water partition coefficient (Wildman–Crippen LogP) is 1.01. The van der Waals surface area contributed by atoms with Gasteiger partial charge in [-0.25, -0.2) is 5.90 Å². The van der Waals surface area contributed by atoms with Crippen LogP contribution in [0.3, 0.4) is 0 Å². The standard InChI is InChI=1S/C9H14N2O/c1-7-2-3-8(4-5-12-11)6-9(7)10/h2-3,6H,4-5,10-11H2,1H3. The summed E-state index contributed by atoms with van der Waals surface area (Å²) in [5.41, 5.74) is 8.80. The average Bonchev–Trinajstić information content (AvgIpc) is 2.07. The predicted molar refractivity (Wildman–Crippen MR) is 49.4 cm³/mol. The average molecular weight is 166 g/mol. The van der Waals surface area contributed by atoms with Gasteiger partial charge in [0.05, 0.1) is 6.61 Å². The maximum atomic E-state index is 5.72. The minimum atomic E-state index is 0.530. The van der Waals surface area contributed by atoms with Crippen LogP contribution in [-0.2, 0) is 11.3 Å². The van der Waals surface area contributed by atoms with E-state index in [1.807, 2.05) is 25.1 Å². The molecule has 0 aliphatic heterocycles. The van der Waals surface area contributed by atoms with E-state index in [1.165, 1.54) is 0 Å². The van der Waals surface area contributed by atoms with Gasteiger partial charge in [-0.1, -0.05) is 12.1 Å². The molecule has 0 saturated heterocycles. The van der Waals surface area contributed by atoms with Gasteiger partial charge in [0.15, 0.2) is 0 Å². The summed E-state index contributed by atoms with van der Waals surface area (Å²) in [6.07, 6.45) is 0.807. The number of hydrogen-bond acceptors (Lipinski definition) is 3. The molecule has 0 aliphatic rings. The largest absolute Gasteiger partial charge is 0.399 e. The SMILES string of the molecule is Cc1ccc(CCON)cc1N. The molecule has 3 heteroatoms. The highest BCUT2D eigenvalue weighted by Gasteiger charge is 1.96. The van der Waals surface area contributed by atoms with Crippen molar-refractivity contribution in [1.82, 2.24) is 0 Å². The monoisotopic (exact) mass is 166 g/mol. The number of nitrogen functional groups attached to an aromatic ring is 1. The van der Waals surface area contributed by atoms with Crippen LogP contribution in [0.15, 0.2) is 18.2 Å². The van der Waals surface area contributed by atoms with Crippen LogP contribution in [0.1, 0.15) is 11.1 Å². The highest BCUT2D eigenvalue weighted by molar-refractivity contribution is 5.48. The highest BCUT2D eigenvalue weighted by atomic mass is 16.6. The van der Waals surface area contributed by atoms with Crippen molar-refractivity contribution in [3.8, 4) is 0 Å². The second-order valence-corrected chi connectivity index (χ2v) is 2.81.